The lowest BCUT2D eigenvalue weighted by Gasteiger charge is -2.25. The van der Waals surface area contributed by atoms with Gasteiger partial charge in [0.25, 0.3) is 0 Å². The van der Waals surface area contributed by atoms with Gasteiger partial charge in [-0.1, -0.05) is 0 Å². The van der Waals surface area contributed by atoms with Crippen LogP contribution in [-0.4, -0.2) is 18.8 Å². The van der Waals surface area contributed by atoms with Crippen molar-refractivity contribution in [1.29, 1.82) is 0 Å². The smallest absolute Gasteiger partial charge is 0.0623 e. The number of hydrogen-bond acceptors (Lipinski definition) is 3. The van der Waals surface area contributed by atoms with Gasteiger partial charge in [-0.15, -0.1) is 0 Å². The van der Waals surface area contributed by atoms with Crippen molar-refractivity contribution in [2.45, 2.75) is 51.2 Å². The zero-order valence-corrected chi connectivity index (χ0v) is 8.97. The minimum absolute atomic E-state index is 0.00993. The minimum Gasteiger partial charge on any atom is -0.379 e. The van der Waals surface area contributed by atoms with Crippen molar-refractivity contribution in [3.8, 4) is 0 Å². The maximum absolute atomic E-state index is 5.49. The van der Waals surface area contributed by atoms with E-state index in [1.807, 2.05) is 0 Å². The molecule has 0 aromatic heterocycles. The second-order valence-electron chi connectivity index (χ2n) is 4.61. The molecule has 3 N–H and O–H groups in total. The molecular weight excluding hydrogens is 164 g/mol. The largest absolute Gasteiger partial charge is 0.379 e. The lowest BCUT2D eigenvalue weighted by Crippen LogP contribution is -2.38. The Bertz CT molecular complexity index is 155. The summed E-state index contributed by atoms with van der Waals surface area (Å²) < 4.78 is 5.36. The van der Waals surface area contributed by atoms with Crippen LogP contribution in [0.2, 0.25) is 0 Å². The van der Waals surface area contributed by atoms with E-state index in [1.165, 1.54) is 12.8 Å². The summed E-state index contributed by atoms with van der Waals surface area (Å²) in [5.41, 5.74) is 2.90. The number of nitrogens with two attached hydrogens (primary N) is 1. The van der Waals surface area contributed by atoms with Crippen LogP contribution in [0, 0.1) is 5.92 Å². The van der Waals surface area contributed by atoms with E-state index < -0.39 is 0 Å². The fraction of sp³-hybridized carbons (Fsp3) is 1.00. The van der Waals surface area contributed by atoms with E-state index in [-0.39, 0.29) is 5.60 Å². The molecule has 0 aromatic rings. The van der Waals surface area contributed by atoms with E-state index in [0.717, 1.165) is 18.8 Å². The fourth-order valence-corrected chi connectivity index (χ4v) is 1.56. The Labute approximate surface area is 81.0 Å². The lowest BCUT2D eigenvalue weighted by molar-refractivity contribution is 0.0112. The molecule has 0 bridgehead atoms. The van der Waals surface area contributed by atoms with E-state index in [0.29, 0.717) is 6.04 Å². The highest BCUT2D eigenvalue weighted by molar-refractivity contribution is 4.86. The van der Waals surface area contributed by atoms with Crippen LogP contribution in [0.4, 0.5) is 0 Å². The highest BCUT2D eigenvalue weighted by Crippen LogP contribution is 2.35. The summed E-state index contributed by atoms with van der Waals surface area (Å²) in [5, 5.41) is 0. The van der Waals surface area contributed by atoms with Crippen LogP contribution in [-0.2, 0) is 4.74 Å². The minimum atomic E-state index is -0.00993. The molecule has 0 aromatic carbocycles. The van der Waals surface area contributed by atoms with Crippen molar-refractivity contribution in [3.63, 3.8) is 0 Å². The number of ether oxygens (including phenoxy) is 1. The number of hydrazine groups is 1. The second kappa shape index (κ2) is 4.40. The van der Waals surface area contributed by atoms with E-state index >= 15 is 0 Å². The summed E-state index contributed by atoms with van der Waals surface area (Å²) in [6.45, 7) is 4.24. The number of hydrogen-bond donors (Lipinski definition) is 2. The predicted molar refractivity (Wildman–Crippen MR) is 54.2 cm³/mol. The molecule has 3 heteroatoms. The van der Waals surface area contributed by atoms with Gasteiger partial charge in [-0.05, 0) is 45.4 Å². The Morgan fingerprint density at radius 3 is 2.54 bits per heavy atom. The molecule has 0 heterocycles. The summed E-state index contributed by atoms with van der Waals surface area (Å²) in [6.07, 6.45) is 4.85. The van der Waals surface area contributed by atoms with Gasteiger partial charge in [-0.3, -0.25) is 11.3 Å². The molecule has 1 aliphatic rings. The summed E-state index contributed by atoms with van der Waals surface area (Å²) in [6, 6.07) is 0.495. The highest BCUT2D eigenvalue weighted by Gasteiger charge is 2.31. The van der Waals surface area contributed by atoms with Crippen LogP contribution in [0.3, 0.4) is 0 Å². The molecule has 1 fully saturated rings. The Kier molecular flexibility index (Phi) is 3.71. The van der Waals surface area contributed by atoms with Gasteiger partial charge in [-0.2, -0.15) is 0 Å². The SMILES string of the molecule is COC(C)(C)CCC(NN)C1CC1. The first-order chi connectivity index (χ1) is 6.09. The van der Waals surface area contributed by atoms with Crippen molar-refractivity contribution < 1.29 is 4.74 Å². The van der Waals surface area contributed by atoms with Gasteiger partial charge in [0.1, 0.15) is 0 Å². The molecule has 78 valence electrons. The van der Waals surface area contributed by atoms with E-state index in [2.05, 4.69) is 19.3 Å². The number of methoxy groups -OCH3 is 1. The topological polar surface area (TPSA) is 47.3 Å². The molecule has 0 amide bonds. The third kappa shape index (κ3) is 3.63. The average molecular weight is 186 g/mol. The zero-order valence-electron chi connectivity index (χ0n) is 8.97. The second-order valence-corrected chi connectivity index (χ2v) is 4.61. The van der Waals surface area contributed by atoms with Crippen molar-refractivity contribution in [1.82, 2.24) is 5.43 Å². The first-order valence-corrected chi connectivity index (χ1v) is 5.10. The molecule has 1 aliphatic carbocycles. The molecule has 3 nitrogen and oxygen atoms in total. The van der Waals surface area contributed by atoms with Gasteiger partial charge in [0.2, 0.25) is 0 Å². The van der Waals surface area contributed by atoms with Crippen molar-refractivity contribution in [2.75, 3.05) is 7.11 Å². The van der Waals surface area contributed by atoms with Gasteiger partial charge in [0, 0.05) is 13.2 Å². The third-order valence-corrected chi connectivity index (χ3v) is 3.02. The van der Waals surface area contributed by atoms with Crippen molar-refractivity contribution in [2.24, 2.45) is 11.8 Å². The monoisotopic (exact) mass is 186 g/mol. The molecular formula is C10H22N2O. The van der Waals surface area contributed by atoms with E-state index in [1.54, 1.807) is 7.11 Å². The Morgan fingerprint density at radius 2 is 2.15 bits per heavy atom. The van der Waals surface area contributed by atoms with Gasteiger partial charge in [0.05, 0.1) is 5.60 Å². The van der Waals surface area contributed by atoms with E-state index in [9.17, 15) is 0 Å². The third-order valence-electron chi connectivity index (χ3n) is 3.02. The number of rotatable bonds is 6. The molecule has 1 saturated carbocycles. The van der Waals surface area contributed by atoms with Gasteiger partial charge >= 0.3 is 0 Å². The van der Waals surface area contributed by atoms with Crippen LogP contribution < -0.4 is 11.3 Å². The molecule has 1 atom stereocenters. The quantitative estimate of drug-likeness (QED) is 0.487. The maximum atomic E-state index is 5.49. The molecule has 0 aliphatic heterocycles. The zero-order chi connectivity index (χ0) is 9.90. The molecule has 0 saturated heterocycles. The van der Waals surface area contributed by atoms with Gasteiger partial charge in [0.15, 0.2) is 0 Å². The molecule has 0 spiro atoms. The maximum Gasteiger partial charge on any atom is 0.0623 e. The van der Waals surface area contributed by atoms with Crippen molar-refractivity contribution in [3.05, 3.63) is 0 Å². The van der Waals surface area contributed by atoms with Crippen LogP contribution in [0.15, 0.2) is 0 Å². The fourth-order valence-electron chi connectivity index (χ4n) is 1.56. The lowest BCUT2D eigenvalue weighted by atomic mass is 9.97. The van der Waals surface area contributed by atoms with Gasteiger partial charge in [-0.25, -0.2) is 0 Å². The molecule has 13 heavy (non-hydrogen) atoms. The first-order valence-electron chi connectivity index (χ1n) is 5.10. The Balaban J connectivity index is 2.22. The molecule has 1 rings (SSSR count). The first kappa shape index (κ1) is 11.0. The summed E-state index contributed by atoms with van der Waals surface area (Å²) in [7, 11) is 1.77. The Hall–Kier alpha value is -0.120. The van der Waals surface area contributed by atoms with E-state index in [4.69, 9.17) is 10.6 Å². The predicted octanol–water partition coefficient (Wildman–Crippen LogP) is 1.43. The molecule has 1 unspecified atom stereocenters. The molecule has 0 radical (unpaired) electrons. The normalized spacial score (nSPS) is 20.3. The van der Waals surface area contributed by atoms with Crippen molar-refractivity contribution >= 4 is 0 Å². The highest BCUT2D eigenvalue weighted by atomic mass is 16.5. The standard InChI is InChI=1S/C10H22N2O/c1-10(2,13-3)7-6-9(12-11)8-4-5-8/h8-9,12H,4-7,11H2,1-3H3. The average Bonchev–Trinajstić information content (AvgIpc) is 2.89. The summed E-state index contributed by atoms with van der Waals surface area (Å²) >= 11 is 0. The summed E-state index contributed by atoms with van der Waals surface area (Å²) in [5.74, 6) is 6.31. The number of nitrogens with one attached hydrogen (secondary N) is 1. The van der Waals surface area contributed by atoms with Crippen LogP contribution in [0.5, 0.6) is 0 Å². The van der Waals surface area contributed by atoms with Crippen LogP contribution >= 0.6 is 0 Å². The Morgan fingerprint density at radius 1 is 1.54 bits per heavy atom. The summed E-state index contributed by atoms with van der Waals surface area (Å²) in [4.78, 5) is 0. The van der Waals surface area contributed by atoms with Gasteiger partial charge < -0.3 is 4.74 Å². The van der Waals surface area contributed by atoms with Crippen LogP contribution in [0.1, 0.15) is 39.5 Å². The van der Waals surface area contributed by atoms with Crippen LogP contribution in [0.25, 0.3) is 0 Å².